The predicted octanol–water partition coefficient (Wildman–Crippen LogP) is 1.83. The molecule has 1 atom stereocenters. The second kappa shape index (κ2) is 5.97. The van der Waals surface area contributed by atoms with Gasteiger partial charge in [-0.1, -0.05) is 6.92 Å². The molecule has 1 aromatic rings. The number of carbonyl (C=O) groups is 1. The lowest BCUT2D eigenvalue weighted by molar-refractivity contribution is 0.0881. The smallest absolute Gasteiger partial charge is 0.254 e. The van der Waals surface area contributed by atoms with Gasteiger partial charge in [0, 0.05) is 12.1 Å². The highest BCUT2D eigenvalue weighted by Crippen LogP contribution is 2.20. The number of aliphatic hydroxyl groups is 1. The van der Waals surface area contributed by atoms with Crippen molar-refractivity contribution in [2.45, 2.75) is 32.2 Å². The number of anilines is 1. The van der Waals surface area contributed by atoms with E-state index in [9.17, 15) is 13.6 Å². The normalized spacial score (nSPS) is 13.9. The lowest BCUT2D eigenvalue weighted by Gasteiger charge is -2.29. The summed E-state index contributed by atoms with van der Waals surface area (Å²) in [6, 6.07) is 1.62. The zero-order valence-electron chi connectivity index (χ0n) is 11.0. The Hall–Kier alpha value is -1.69. The van der Waals surface area contributed by atoms with Gasteiger partial charge in [-0.15, -0.1) is 0 Å². The number of hydrogen-bond donors (Lipinski definition) is 3. The molecular formula is C13H18F2N2O2. The summed E-state index contributed by atoms with van der Waals surface area (Å²) in [6.07, 6.45) is 0.868. The second-order valence-electron chi connectivity index (χ2n) is 4.70. The fraction of sp³-hybridized carbons (Fsp3) is 0.462. The Labute approximate surface area is 110 Å². The van der Waals surface area contributed by atoms with Gasteiger partial charge in [-0.25, -0.2) is 8.78 Å². The third kappa shape index (κ3) is 3.64. The van der Waals surface area contributed by atoms with Crippen molar-refractivity contribution in [3.63, 3.8) is 0 Å². The number of nitrogens with one attached hydrogen (secondary N) is 1. The molecule has 0 bridgehead atoms. The summed E-state index contributed by atoms with van der Waals surface area (Å²) in [5, 5.41) is 11.5. The van der Waals surface area contributed by atoms with Crippen LogP contribution in [0.2, 0.25) is 0 Å². The van der Waals surface area contributed by atoms with Crippen LogP contribution in [0.25, 0.3) is 0 Å². The Morgan fingerprint density at radius 2 is 2.11 bits per heavy atom. The number of benzene rings is 1. The predicted molar refractivity (Wildman–Crippen MR) is 68.6 cm³/mol. The molecule has 106 valence electrons. The van der Waals surface area contributed by atoms with Gasteiger partial charge in [-0.05, 0) is 31.9 Å². The lowest BCUT2D eigenvalue weighted by atomic mass is 9.94. The highest BCUT2D eigenvalue weighted by atomic mass is 19.1. The van der Waals surface area contributed by atoms with Gasteiger partial charge >= 0.3 is 0 Å². The summed E-state index contributed by atoms with van der Waals surface area (Å²) >= 11 is 0. The zero-order chi connectivity index (χ0) is 14.6. The Kier molecular flexibility index (Phi) is 4.83. The molecule has 0 aliphatic rings. The first kappa shape index (κ1) is 15.4. The van der Waals surface area contributed by atoms with Crippen molar-refractivity contribution in [3.05, 3.63) is 29.3 Å². The van der Waals surface area contributed by atoms with Crippen LogP contribution in [0.5, 0.6) is 0 Å². The van der Waals surface area contributed by atoms with Crippen molar-refractivity contribution in [1.82, 2.24) is 5.32 Å². The Bertz CT molecular complexity index is 480. The first-order chi connectivity index (χ1) is 8.83. The molecule has 19 heavy (non-hydrogen) atoms. The molecule has 0 spiro atoms. The van der Waals surface area contributed by atoms with E-state index in [1.807, 2.05) is 6.92 Å². The van der Waals surface area contributed by atoms with Crippen molar-refractivity contribution in [2.24, 2.45) is 0 Å². The van der Waals surface area contributed by atoms with Crippen molar-refractivity contribution < 1.29 is 18.7 Å². The summed E-state index contributed by atoms with van der Waals surface area (Å²) in [6.45, 7) is 3.44. The van der Waals surface area contributed by atoms with E-state index in [-0.39, 0.29) is 6.61 Å². The summed E-state index contributed by atoms with van der Waals surface area (Å²) in [5.74, 6) is -2.47. The summed E-state index contributed by atoms with van der Waals surface area (Å²) in [7, 11) is 0. The number of amides is 1. The summed E-state index contributed by atoms with van der Waals surface area (Å²) < 4.78 is 26.9. The number of rotatable bonds is 5. The third-order valence-electron chi connectivity index (χ3n) is 3.17. The maximum absolute atomic E-state index is 13.7. The molecule has 0 aliphatic carbocycles. The van der Waals surface area contributed by atoms with E-state index in [2.05, 4.69) is 5.32 Å². The maximum Gasteiger partial charge on any atom is 0.254 e. The molecule has 6 heteroatoms. The van der Waals surface area contributed by atoms with Gasteiger partial charge < -0.3 is 16.2 Å². The topological polar surface area (TPSA) is 75.3 Å². The molecule has 0 radical (unpaired) electrons. The highest BCUT2D eigenvalue weighted by Gasteiger charge is 2.26. The molecule has 0 saturated carbocycles. The fourth-order valence-electron chi connectivity index (χ4n) is 1.69. The maximum atomic E-state index is 13.7. The monoisotopic (exact) mass is 272 g/mol. The molecule has 4 nitrogen and oxygen atoms in total. The highest BCUT2D eigenvalue weighted by molar-refractivity contribution is 5.95. The molecular weight excluding hydrogens is 254 g/mol. The van der Waals surface area contributed by atoms with Crippen LogP contribution in [-0.4, -0.2) is 23.2 Å². The van der Waals surface area contributed by atoms with E-state index in [0.29, 0.717) is 12.8 Å². The number of carbonyl (C=O) groups excluding carboxylic acids is 1. The van der Waals surface area contributed by atoms with Crippen molar-refractivity contribution in [2.75, 3.05) is 12.3 Å². The Morgan fingerprint density at radius 1 is 1.47 bits per heavy atom. The van der Waals surface area contributed by atoms with Crippen LogP contribution < -0.4 is 11.1 Å². The van der Waals surface area contributed by atoms with Crippen LogP contribution in [0.3, 0.4) is 0 Å². The number of aliphatic hydroxyl groups excluding tert-OH is 1. The van der Waals surface area contributed by atoms with Gasteiger partial charge in [0.1, 0.15) is 5.82 Å². The number of halogens is 2. The molecule has 4 N–H and O–H groups in total. The number of nitrogen functional groups attached to an aromatic ring is 1. The minimum absolute atomic E-state index is 0.113. The molecule has 1 aromatic carbocycles. The molecule has 0 heterocycles. The minimum atomic E-state index is -0.943. The van der Waals surface area contributed by atoms with Crippen LogP contribution in [0.1, 0.15) is 37.0 Å². The fourth-order valence-corrected chi connectivity index (χ4v) is 1.69. The van der Waals surface area contributed by atoms with Crippen LogP contribution >= 0.6 is 0 Å². The first-order valence-corrected chi connectivity index (χ1v) is 6.01. The molecule has 1 amide bonds. The van der Waals surface area contributed by atoms with Gasteiger partial charge in [-0.2, -0.15) is 0 Å². The van der Waals surface area contributed by atoms with Crippen LogP contribution in [-0.2, 0) is 0 Å². The third-order valence-corrected chi connectivity index (χ3v) is 3.17. The van der Waals surface area contributed by atoms with E-state index < -0.39 is 34.3 Å². The number of nitrogens with two attached hydrogens (primary N) is 1. The molecule has 1 rings (SSSR count). The Morgan fingerprint density at radius 3 is 2.63 bits per heavy atom. The minimum Gasteiger partial charge on any atom is -0.396 e. The average Bonchev–Trinajstić information content (AvgIpc) is 2.33. The lowest BCUT2D eigenvalue weighted by Crippen LogP contribution is -2.46. The average molecular weight is 272 g/mol. The zero-order valence-corrected chi connectivity index (χ0v) is 11.0. The van der Waals surface area contributed by atoms with E-state index >= 15 is 0 Å². The number of hydrogen-bond acceptors (Lipinski definition) is 3. The second-order valence-corrected chi connectivity index (χ2v) is 4.70. The quantitative estimate of drug-likeness (QED) is 0.716. The van der Waals surface area contributed by atoms with Crippen molar-refractivity contribution in [1.29, 1.82) is 0 Å². The van der Waals surface area contributed by atoms with Gasteiger partial charge in [0.15, 0.2) is 5.82 Å². The molecule has 0 aliphatic heterocycles. The Balaban J connectivity index is 3.01. The molecule has 0 fully saturated rings. The van der Waals surface area contributed by atoms with E-state index in [1.165, 1.54) is 0 Å². The summed E-state index contributed by atoms with van der Waals surface area (Å²) in [4.78, 5) is 12.0. The summed E-state index contributed by atoms with van der Waals surface area (Å²) in [5.41, 5.74) is 3.75. The van der Waals surface area contributed by atoms with Crippen molar-refractivity contribution >= 4 is 11.6 Å². The van der Waals surface area contributed by atoms with Crippen LogP contribution in [0.15, 0.2) is 12.1 Å². The van der Waals surface area contributed by atoms with Crippen LogP contribution in [0, 0.1) is 11.6 Å². The van der Waals surface area contributed by atoms with Crippen LogP contribution in [0.4, 0.5) is 14.5 Å². The SMILES string of the molecule is CCC(C)(CCO)NC(=O)c1cc(F)cc(N)c1F. The van der Waals surface area contributed by atoms with E-state index in [0.717, 1.165) is 12.1 Å². The van der Waals surface area contributed by atoms with E-state index in [1.54, 1.807) is 6.92 Å². The standard InChI is InChI=1S/C13H18F2N2O2/c1-3-13(2,4-5-18)17-12(19)9-6-8(14)7-10(16)11(9)15/h6-7,18H,3-5,16H2,1-2H3,(H,17,19). The van der Waals surface area contributed by atoms with Gasteiger partial charge in [0.25, 0.3) is 5.91 Å². The van der Waals surface area contributed by atoms with Crippen molar-refractivity contribution in [3.8, 4) is 0 Å². The van der Waals surface area contributed by atoms with Gasteiger partial charge in [0.05, 0.1) is 11.3 Å². The van der Waals surface area contributed by atoms with E-state index in [4.69, 9.17) is 10.8 Å². The first-order valence-electron chi connectivity index (χ1n) is 6.01. The van der Waals surface area contributed by atoms with Gasteiger partial charge in [0.2, 0.25) is 0 Å². The van der Waals surface area contributed by atoms with Gasteiger partial charge in [-0.3, -0.25) is 4.79 Å². The largest absolute Gasteiger partial charge is 0.396 e. The molecule has 0 aromatic heterocycles. The molecule has 0 saturated heterocycles. The molecule has 1 unspecified atom stereocenters.